The van der Waals surface area contributed by atoms with Crippen molar-refractivity contribution in [2.75, 3.05) is 23.3 Å². The van der Waals surface area contributed by atoms with Crippen LogP contribution in [0.15, 0.2) is 18.2 Å². The largest absolute Gasteiger partial charge is 0.495 e. The van der Waals surface area contributed by atoms with Gasteiger partial charge in [-0.3, -0.25) is 4.72 Å². The predicted octanol–water partition coefficient (Wildman–Crippen LogP) is 1.28. The van der Waals surface area contributed by atoms with E-state index >= 15 is 0 Å². The molecule has 1 N–H and O–H groups in total. The van der Waals surface area contributed by atoms with Gasteiger partial charge in [0.25, 0.3) is 0 Å². The number of methoxy groups -OCH3 is 1. The lowest BCUT2D eigenvalue weighted by Crippen LogP contribution is -2.29. The Morgan fingerprint density at radius 1 is 1.40 bits per heavy atom. The smallest absolute Gasteiger partial charge is 0.236 e. The lowest BCUT2D eigenvalue weighted by Gasteiger charge is -2.15. The summed E-state index contributed by atoms with van der Waals surface area (Å²) in [5, 5.41) is -0.598. The molecule has 0 spiro atoms. The summed E-state index contributed by atoms with van der Waals surface area (Å²) in [5.74, 6) is -0.143. The van der Waals surface area contributed by atoms with Gasteiger partial charge in [0.1, 0.15) is 5.75 Å². The number of sulfonamides is 1. The zero-order valence-electron chi connectivity index (χ0n) is 10.7. The van der Waals surface area contributed by atoms with Crippen molar-refractivity contribution in [3.05, 3.63) is 23.2 Å². The molecular formula is C11H14ClNO5S2. The Morgan fingerprint density at radius 3 is 2.65 bits per heavy atom. The highest BCUT2D eigenvalue weighted by Crippen LogP contribution is 2.30. The average molecular weight is 340 g/mol. The third kappa shape index (κ3) is 3.36. The molecule has 0 amide bonds. The quantitative estimate of drug-likeness (QED) is 0.892. The average Bonchev–Trinajstić information content (AvgIpc) is 2.70. The zero-order valence-corrected chi connectivity index (χ0v) is 13.1. The van der Waals surface area contributed by atoms with Crippen LogP contribution < -0.4 is 9.46 Å². The lowest BCUT2D eigenvalue weighted by molar-refractivity contribution is 0.417. The van der Waals surface area contributed by atoms with Gasteiger partial charge < -0.3 is 4.74 Å². The fourth-order valence-corrected chi connectivity index (χ4v) is 6.27. The highest BCUT2D eigenvalue weighted by atomic mass is 35.5. The molecule has 1 aromatic rings. The van der Waals surface area contributed by atoms with Crippen molar-refractivity contribution in [3.8, 4) is 5.75 Å². The predicted molar refractivity (Wildman–Crippen MR) is 77.6 cm³/mol. The van der Waals surface area contributed by atoms with E-state index in [9.17, 15) is 16.8 Å². The summed E-state index contributed by atoms with van der Waals surface area (Å²) >= 11 is 5.82. The minimum atomic E-state index is -3.80. The van der Waals surface area contributed by atoms with Gasteiger partial charge in [-0.05, 0) is 24.6 Å². The Labute approximate surface area is 123 Å². The highest BCUT2D eigenvalue weighted by molar-refractivity contribution is 7.97. The SMILES string of the molecule is COc1ccc(Cl)cc1NS(=O)(=O)[C@@H]1CCS(=O)(=O)C1. The van der Waals surface area contributed by atoms with Crippen LogP contribution in [0.1, 0.15) is 6.42 Å². The van der Waals surface area contributed by atoms with Crippen molar-refractivity contribution >= 4 is 37.1 Å². The molecule has 1 aromatic carbocycles. The van der Waals surface area contributed by atoms with E-state index in [0.29, 0.717) is 10.8 Å². The fourth-order valence-electron chi connectivity index (χ4n) is 2.00. The summed E-state index contributed by atoms with van der Waals surface area (Å²) in [7, 11) is -5.67. The van der Waals surface area contributed by atoms with E-state index in [1.54, 1.807) is 6.07 Å². The van der Waals surface area contributed by atoms with Gasteiger partial charge in [-0.25, -0.2) is 16.8 Å². The number of nitrogens with one attached hydrogen (secondary N) is 1. The summed E-state index contributed by atoms with van der Waals surface area (Å²) in [5.41, 5.74) is 0.198. The molecule has 1 atom stereocenters. The molecule has 0 bridgehead atoms. The maximum atomic E-state index is 12.2. The number of sulfone groups is 1. The van der Waals surface area contributed by atoms with Crippen molar-refractivity contribution in [1.82, 2.24) is 0 Å². The standard InChI is InChI=1S/C11H14ClNO5S2/c1-18-11-3-2-8(12)6-10(11)13-20(16,17)9-4-5-19(14,15)7-9/h2-3,6,9,13H,4-5,7H2,1H3/t9-/m1/s1. The molecule has 9 heteroatoms. The maximum Gasteiger partial charge on any atom is 0.236 e. The first-order valence-electron chi connectivity index (χ1n) is 5.79. The third-order valence-corrected chi connectivity index (χ3v) is 7.04. The molecule has 2 rings (SSSR count). The van der Waals surface area contributed by atoms with E-state index in [0.717, 1.165) is 0 Å². The van der Waals surface area contributed by atoms with Crippen LogP contribution in [0.2, 0.25) is 5.02 Å². The van der Waals surface area contributed by atoms with Crippen LogP contribution in [0.3, 0.4) is 0 Å². The van der Waals surface area contributed by atoms with Crippen molar-refractivity contribution in [1.29, 1.82) is 0 Å². The number of halogens is 1. The van der Waals surface area contributed by atoms with E-state index in [-0.39, 0.29) is 23.6 Å². The molecule has 0 unspecified atom stereocenters. The molecule has 0 aromatic heterocycles. The maximum absolute atomic E-state index is 12.2. The van der Waals surface area contributed by atoms with Crippen LogP contribution in [-0.2, 0) is 19.9 Å². The van der Waals surface area contributed by atoms with Crippen molar-refractivity contribution in [2.45, 2.75) is 11.7 Å². The molecular weight excluding hydrogens is 326 g/mol. The topological polar surface area (TPSA) is 89.5 Å². The second-order valence-electron chi connectivity index (χ2n) is 4.52. The minimum absolute atomic E-state index is 0.0978. The van der Waals surface area contributed by atoms with E-state index in [2.05, 4.69) is 4.72 Å². The van der Waals surface area contributed by atoms with Crippen LogP contribution in [0.5, 0.6) is 5.75 Å². The van der Waals surface area contributed by atoms with E-state index < -0.39 is 25.1 Å². The monoisotopic (exact) mass is 339 g/mol. The van der Waals surface area contributed by atoms with Gasteiger partial charge in [0, 0.05) is 5.02 Å². The Kier molecular flexibility index (Phi) is 4.17. The van der Waals surface area contributed by atoms with Crippen molar-refractivity contribution < 1.29 is 21.6 Å². The first-order valence-corrected chi connectivity index (χ1v) is 9.54. The molecule has 0 saturated carbocycles. The van der Waals surface area contributed by atoms with Gasteiger partial charge >= 0.3 is 0 Å². The third-order valence-electron chi connectivity index (χ3n) is 3.04. The highest BCUT2D eigenvalue weighted by Gasteiger charge is 2.37. The molecule has 6 nitrogen and oxygen atoms in total. The zero-order chi connectivity index (χ0) is 15.0. The van der Waals surface area contributed by atoms with Crippen molar-refractivity contribution in [3.63, 3.8) is 0 Å². The molecule has 112 valence electrons. The summed E-state index contributed by atoms with van der Waals surface area (Å²) in [6, 6.07) is 4.52. The van der Waals surface area contributed by atoms with Gasteiger partial charge in [-0.2, -0.15) is 0 Å². The number of hydrogen-bond acceptors (Lipinski definition) is 5. The van der Waals surface area contributed by atoms with Crippen LogP contribution in [0, 0.1) is 0 Å². The molecule has 1 aliphatic heterocycles. The Balaban J connectivity index is 2.27. The molecule has 0 radical (unpaired) electrons. The second-order valence-corrected chi connectivity index (χ2v) is 9.14. The van der Waals surface area contributed by atoms with Gasteiger partial charge in [0.2, 0.25) is 10.0 Å². The van der Waals surface area contributed by atoms with Crippen molar-refractivity contribution in [2.24, 2.45) is 0 Å². The van der Waals surface area contributed by atoms with E-state index in [1.807, 2.05) is 0 Å². The Morgan fingerprint density at radius 2 is 2.10 bits per heavy atom. The Hall–Kier alpha value is -0.990. The molecule has 1 fully saturated rings. The Bertz CT molecular complexity index is 714. The summed E-state index contributed by atoms with van der Waals surface area (Å²) in [6.07, 6.45) is 0.0978. The van der Waals surface area contributed by atoms with Gasteiger partial charge in [0.05, 0.1) is 29.6 Å². The number of anilines is 1. The normalized spacial score (nSPS) is 21.6. The molecule has 0 aliphatic carbocycles. The van der Waals surface area contributed by atoms with Crippen LogP contribution >= 0.6 is 11.6 Å². The van der Waals surface area contributed by atoms with Crippen LogP contribution in [-0.4, -0.2) is 40.7 Å². The lowest BCUT2D eigenvalue weighted by atomic mass is 10.3. The second kappa shape index (κ2) is 5.42. The van der Waals surface area contributed by atoms with Crippen LogP contribution in [0.4, 0.5) is 5.69 Å². The first kappa shape index (κ1) is 15.4. The molecule has 1 aliphatic rings. The van der Waals surface area contributed by atoms with E-state index in [4.69, 9.17) is 16.3 Å². The van der Waals surface area contributed by atoms with Gasteiger partial charge in [-0.1, -0.05) is 11.6 Å². The first-order chi connectivity index (χ1) is 9.23. The summed E-state index contributed by atoms with van der Waals surface area (Å²) in [4.78, 5) is 0. The summed E-state index contributed by atoms with van der Waals surface area (Å²) in [6.45, 7) is 0. The van der Waals surface area contributed by atoms with Gasteiger partial charge in [-0.15, -0.1) is 0 Å². The molecule has 1 heterocycles. The minimum Gasteiger partial charge on any atom is -0.495 e. The number of ether oxygens (including phenoxy) is 1. The molecule has 20 heavy (non-hydrogen) atoms. The number of rotatable bonds is 4. The van der Waals surface area contributed by atoms with Crippen LogP contribution in [0.25, 0.3) is 0 Å². The molecule has 1 saturated heterocycles. The number of benzene rings is 1. The van der Waals surface area contributed by atoms with Gasteiger partial charge in [0.15, 0.2) is 9.84 Å². The summed E-state index contributed by atoms with van der Waals surface area (Å²) < 4.78 is 54.6. The fraction of sp³-hybridized carbons (Fsp3) is 0.455. The number of hydrogen-bond donors (Lipinski definition) is 1. The van der Waals surface area contributed by atoms with E-state index in [1.165, 1.54) is 19.2 Å².